The second-order valence-electron chi connectivity index (χ2n) is 2.35. The van der Waals surface area contributed by atoms with Crippen LogP contribution in [0, 0.1) is 5.82 Å². The van der Waals surface area contributed by atoms with Crippen LogP contribution in [0.4, 0.5) is 4.39 Å². The van der Waals surface area contributed by atoms with Crippen molar-refractivity contribution in [3.05, 3.63) is 35.1 Å². The summed E-state index contributed by atoms with van der Waals surface area (Å²) >= 11 is 11.2. The summed E-state index contributed by atoms with van der Waals surface area (Å²) in [5, 5.41) is 0.328. The summed E-state index contributed by atoms with van der Waals surface area (Å²) in [7, 11) is 1.34. The van der Waals surface area contributed by atoms with Crippen molar-refractivity contribution in [2.75, 3.05) is 7.11 Å². The summed E-state index contributed by atoms with van der Waals surface area (Å²) in [5.74, 6) is -0.601. The SMILES string of the molecule is C=C(Cl)c1ccc(Cl)c(OC)c1F. The Morgan fingerprint density at radius 1 is 1.54 bits per heavy atom. The maximum absolute atomic E-state index is 13.4. The van der Waals surface area contributed by atoms with Crippen LogP contribution in [0.3, 0.4) is 0 Å². The van der Waals surface area contributed by atoms with E-state index in [-0.39, 0.29) is 21.4 Å². The van der Waals surface area contributed by atoms with Crippen LogP contribution in [0.25, 0.3) is 5.03 Å². The Hall–Kier alpha value is -0.730. The zero-order chi connectivity index (χ0) is 10.0. The largest absolute Gasteiger partial charge is 0.492 e. The van der Waals surface area contributed by atoms with Gasteiger partial charge in [-0.3, -0.25) is 0 Å². The lowest BCUT2D eigenvalue weighted by Gasteiger charge is -2.07. The number of halogens is 3. The van der Waals surface area contributed by atoms with Gasteiger partial charge >= 0.3 is 0 Å². The van der Waals surface area contributed by atoms with Crippen LogP contribution < -0.4 is 4.74 Å². The Labute approximate surface area is 85.7 Å². The predicted octanol–water partition coefficient (Wildman–Crippen LogP) is 3.70. The van der Waals surface area contributed by atoms with Crippen LogP contribution in [0.2, 0.25) is 5.02 Å². The maximum Gasteiger partial charge on any atom is 0.175 e. The average molecular weight is 221 g/mol. The lowest BCUT2D eigenvalue weighted by molar-refractivity contribution is 0.386. The number of ether oxygens (including phenoxy) is 1. The molecule has 4 heteroatoms. The first-order valence-electron chi connectivity index (χ1n) is 3.44. The van der Waals surface area contributed by atoms with Crippen LogP contribution in [-0.4, -0.2) is 7.11 Å². The number of hydrogen-bond donors (Lipinski definition) is 0. The first-order chi connectivity index (χ1) is 6.07. The molecule has 1 nitrogen and oxygen atoms in total. The quantitative estimate of drug-likeness (QED) is 0.739. The minimum absolute atomic E-state index is 0.0130. The molecule has 1 rings (SSSR count). The highest BCUT2D eigenvalue weighted by atomic mass is 35.5. The lowest BCUT2D eigenvalue weighted by atomic mass is 10.2. The molecule has 0 unspecified atom stereocenters. The molecule has 0 atom stereocenters. The summed E-state index contributed by atoms with van der Waals surface area (Å²) in [6, 6.07) is 2.96. The molecule has 0 spiro atoms. The van der Waals surface area contributed by atoms with Gasteiger partial charge in [-0.15, -0.1) is 0 Å². The van der Waals surface area contributed by atoms with Gasteiger partial charge in [-0.05, 0) is 12.1 Å². The zero-order valence-corrected chi connectivity index (χ0v) is 8.42. The molecule has 1 aromatic carbocycles. The molecular formula is C9H7Cl2FO. The molecule has 0 N–H and O–H groups in total. The van der Waals surface area contributed by atoms with E-state index in [4.69, 9.17) is 27.9 Å². The summed E-state index contributed by atoms with van der Waals surface area (Å²) in [4.78, 5) is 0. The van der Waals surface area contributed by atoms with E-state index in [1.165, 1.54) is 19.2 Å². The Morgan fingerprint density at radius 2 is 2.15 bits per heavy atom. The normalized spacial score (nSPS) is 9.85. The van der Waals surface area contributed by atoms with Gasteiger partial charge in [0.1, 0.15) is 0 Å². The molecule has 0 radical (unpaired) electrons. The molecule has 1 aromatic rings. The van der Waals surface area contributed by atoms with Gasteiger partial charge in [-0.1, -0.05) is 29.8 Å². The van der Waals surface area contributed by atoms with Crippen LogP contribution in [0.5, 0.6) is 5.75 Å². The topological polar surface area (TPSA) is 9.23 Å². The number of benzene rings is 1. The van der Waals surface area contributed by atoms with E-state index in [1.54, 1.807) is 0 Å². The minimum Gasteiger partial charge on any atom is -0.492 e. The van der Waals surface area contributed by atoms with Crippen molar-refractivity contribution in [2.45, 2.75) is 0 Å². The molecule has 0 aromatic heterocycles. The zero-order valence-electron chi connectivity index (χ0n) is 6.90. The van der Waals surface area contributed by atoms with Crippen LogP contribution >= 0.6 is 23.2 Å². The van der Waals surface area contributed by atoms with Gasteiger partial charge in [0.05, 0.1) is 12.1 Å². The molecule has 0 heterocycles. The smallest absolute Gasteiger partial charge is 0.175 e. The van der Waals surface area contributed by atoms with Crippen LogP contribution in [0.1, 0.15) is 5.56 Å². The Kier molecular flexibility index (Phi) is 3.17. The fourth-order valence-corrected chi connectivity index (χ4v) is 1.30. The molecular weight excluding hydrogens is 214 g/mol. The van der Waals surface area contributed by atoms with Crippen LogP contribution in [0.15, 0.2) is 18.7 Å². The summed E-state index contributed by atoms with van der Waals surface area (Å²) in [6.45, 7) is 3.42. The first-order valence-corrected chi connectivity index (χ1v) is 4.20. The van der Waals surface area contributed by atoms with E-state index >= 15 is 0 Å². The third-order valence-electron chi connectivity index (χ3n) is 1.55. The number of methoxy groups -OCH3 is 1. The molecule has 0 amide bonds. The molecule has 0 aliphatic heterocycles. The second-order valence-corrected chi connectivity index (χ2v) is 3.21. The van der Waals surface area contributed by atoms with Crippen molar-refractivity contribution in [3.8, 4) is 5.75 Å². The minimum atomic E-state index is -0.588. The highest BCUT2D eigenvalue weighted by Gasteiger charge is 2.13. The van der Waals surface area contributed by atoms with Crippen molar-refractivity contribution in [1.82, 2.24) is 0 Å². The van der Waals surface area contributed by atoms with E-state index in [2.05, 4.69) is 6.58 Å². The average Bonchev–Trinajstić information content (AvgIpc) is 2.04. The van der Waals surface area contributed by atoms with Crippen LogP contribution in [-0.2, 0) is 0 Å². The highest BCUT2D eigenvalue weighted by Crippen LogP contribution is 2.33. The van der Waals surface area contributed by atoms with Crippen molar-refractivity contribution < 1.29 is 9.13 Å². The van der Waals surface area contributed by atoms with E-state index in [9.17, 15) is 4.39 Å². The third-order valence-corrected chi connectivity index (χ3v) is 2.05. The standard InChI is InChI=1S/C9H7Cl2FO/c1-5(10)6-3-4-7(11)9(13-2)8(6)12/h3-4H,1H2,2H3. The predicted molar refractivity (Wildman–Crippen MR) is 52.8 cm³/mol. The Bertz CT molecular complexity index is 350. The first kappa shape index (κ1) is 10.4. The second kappa shape index (κ2) is 3.99. The fourth-order valence-electron chi connectivity index (χ4n) is 0.929. The highest BCUT2D eigenvalue weighted by molar-refractivity contribution is 6.48. The van der Waals surface area contributed by atoms with Gasteiger partial charge < -0.3 is 4.74 Å². The molecule has 13 heavy (non-hydrogen) atoms. The fraction of sp³-hybridized carbons (Fsp3) is 0.111. The van der Waals surface area contributed by atoms with Gasteiger partial charge in [0.2, 0.25) is 0 Å². The number of hydrogen-bond acceptors (Lipinski definition) is 1. The molecule has 0 bridgehead atoms. The van der Waals surface area contributed by atoms with Crippen molar-refractivity contribution in [3.63, 3.8) is 0 Å². The molecule has 0 aliphatic rings. The Balaban J connectivity index is 3.35. The Morgan fingerprint density at radius 3 is 2.62 bits per heavy atom. The van der Waals surface area contributed by atoms with E-state index in [0.717, 1.165) is 0 Å². The molecule has 70 valence electrons. The maximum atomic E-state index is 13.4. The molecule has 0 saturated carbocycles. The summed E-state index contributed by atoms with van der Waals surface area (Å²) < 4.78 is 18.2. The van der Waals surface area contributed by atoms with Crippen molar-refractivity contribution >= 4 is 28.2 Å². The van der Waals surface area contributed by atoms with E-state index < -0.39 is 5.82 Å². The molecule has 0 saturated heterocycles. The monoisotopic (exact) mass is 220 g/mol. The van der Waals surface area contributed by atoms with Gasteiger partial charge in [0, 0.05) is 10.6 Å². The number of rotatable bonds is 2. The van der Waals surface area contributed by atoms with E-state index in [0.29, 0.717) is 0 Å². The molecule has 0 aliphatic carbocycles. The summed E-state index contributed by atoms with van der Waals surface area (Å²) in [6.07, 6.45) is 0. The van der Waals surface area contributed by atoms with Gasteiger partial charge in [-0.25, -0.2) is 4.39 Å². The van der Waals surface area contributed by atoms with Crippen molar-refractivity contribution in [1.29, 1.82) is 0 Å². The third kappa shape index (κ3) is 1.95. The van der Waals surface area contributed by atoms with Gasteiger partial charge in [-0.2, -0.15) is 0 Å². The van der Waals surface area contributed by atoms with E-state index in [1.807, 2.05) is 0 Å². The van der Waals surface area contributed by atoms with Gasteiger partial charge in [0.25, 0.3) is 0 Å². The van der Waals surface area contributed by atoms with Crippen molar-refractivity contribution in [2.24, 2.45) is 0 Å². The molecule has 0 fully saturated rings. The lowest BCUT2D eigenvalue weighted by Crippen LogP contribution is -1.93. The summed E-state index contributed by atoms with van der Waals surface area (Å²) in [5.41, 5.74) is 0.197. The van der Waals surface area contributed by atoms with Gasteiger partial charge in [0.15, 0.2) is 11.6 Å².